The van der Waals surface area contributed by atoms with Crippen LogP contribution in [0.3, 0.4) is 0 Å². The number of benzene rings is 1. The van der Waals surface area contributed by atoms with Crippen LogP contribution in [0.4, 0.5) is 4.39 Å². The molecule has 1 atom stereocenters. The van der Waals surface area contributed by atoms with E-state index in [4.69, 9.17) is 0 Å². The van der Waals surface area contributed by atoms with Crippen LogP contribution in [0.5, 0.6) is 0 Å². The van der Waals surface area contributed by atoms with Gasteiger partial charge in [0.2, 0.25) is 0 Å². The SMILES string of the molecule is CC(C)C1CCCCN1C(=O)c1cnc(-c2ccccc2F)s1. The second-order valence-corrected chi connectivity index (χ2v) is 7.35. The highest BCUT2D eigenvalue weighted by Crippen LogP contribution is 2.30. The highest BCUT2D eigenvalue weighted by atomic mass is 32.1. The molecule has 0 saturated carbocycles. The summed E-state index contributed by atoms with van der Waals surface area (Å²) in [5.41, 5.74) is 0.454. The maximum atomic E-state index is 13.9. The summed E-state index contributed by atoms with van der Waals surface area (Å²) in [7, 11) is 0. The normalized spacial score (nSPS) is 18.4. The van der Waals surface area contributed by atoms with Gasteiger partial charge in [-0.25, -0.2) is 9.37 Å². The number of carbonyl (C=O) groups is 1. The number of aromatic nitrogens is 1. The Kier molecular flexibility index (Phi) is 4.76. The van der Waals surface area contributed by atoms with Gasteiger partial charge in [-0.2, -0.15) is 0 Å². The van der Waals surface area contributed by atoms with E-state index in [1.807, 2.05) is 4.90 Å². The Morgan fingerprint density at radius 1 is 1.35 bits per heavy atom. The quantitative estimate of drug-likeness (QED) is 0.823. The molecule has 0 N–H and O–H groups in total. The standard InChI is InChI=1S/C18H21FN2OS/c1-12(2)15-9-5-6-10-21(15)18(22)16-11-20-17(23-16)13-7-3-4-8-14(13)19/h3-4,7-8,11-12,15H,5-6,9-10H2,1-2H3. The summed E-state index contributed by atoms with van der Waals surface area (Å²) in [4.78, 5) is 19.7. The smallest absolute Gasteiger partial charge is 0.265 e. The molecule has 1 aliphatic rings. The van der Waals surface area contributed by atoms with Crippen LogP contribution in [0.15, 0.2) is 30.5 Å². The van der Waals surface area contributed by atoms with E-state index in [9.17, 15) is 9.18 Å². The molecule has 0 radical (unpaired) electrons. The molecule has 5 heteroatoms. The summed E-state index contributed by atoms with van der Waals surface area (Å²) in [6.45, 7) is 5.12. The van der Waals surface area contributed by atoms with Gasteiger partial charge in [-0.15, -0.1) is 11.3 Å². The molecule has 2 heterocycles. The highest BCUT2D eigenvalue weighted by molar-refractivity contribution is 7.16. The number of halogens is 1. The lowest BCUT2D eigenvalue weighted by molar-refractivity contribution is 0.0548. The largest absolute Gasteiger partial charge is 0.335 e. The van der Waals surface area contributed by atoms with Crippen LogP contribution in [0.25, 0.3) is 10.6 Å². The zero-order valence-corrected chi connectivity index (χ0v) is 14.3. The number of amides is 1. The molecule has 1 aromatic heterocycles. The summed E-state index contributed by atoms with van der Waals surface area (Å²) in [6, 6.07) is 6.83. The van der Waals surface area contributed by atoms with Gasteiger partial charge in [-0.1, -0.05) is 26.0 Å². The van der Waals surface area contributed by atoms with Gasteiger partial charge in [0, 0.05) is 18.2 Å². The van der Waals surface area contributed by atoms with Crippen molar-refractivity contribution in [1.29, 1.82) is 0 Å². The summed E-state index contributed by atoms with van der Waals surface area (Å²) in [5, 5.41) is 0.560. The van der Waals surface area contributed by atoms with Gasteiger partial charge in [0.25, 0.3) is 5.91 Å². The van der Waals surface area contributed by atoms with Crippen LogP contribution in [-0.2, 0) is 0 Å². The molecule has 23 heavy (non-hydrogen) atoms. The van der Waals surface area contributed by atoms with Crippen LogP contribution in [0, 0.1) is 11.7 Å². The van der Waals surface area contributed by atoms with Crippen molar-refractivity contribution in [2.75, 3.05) is 6.54 Å². The molecule has 0 bridgehead atoms. The first kappa shape index (κ1) is 16.1. The van der Waals surface area contributed by atoms with E-state index >= 15 is 0 Å². The van der Waals surface area contributed by atoms with E-state index in [0.717, 1.165) is 19.4 Å². The van der Waals surface area contributed by atoms with Crippen LogP contribution in [0.2, 0.25) is 0 Å². The molecule has 1 fully saturated rings. The fourth-order valence-electron chi connectivity index (χ4n) is 3.18. The third-order valence-corrected chi connectivity index (χ3v) is 5.42. The van der Waals surface area contributed by atoms with Crippen molar-refractivity contribution in [2.45, 2.75) is 39.2 Å². The molecule has 122 valence electrons. The second-order valence-electron chi connectivity index (χ2n) is 6.32. The molecule has 0 spiro atoms. The number of rotatable bonds is 3. The molecule has 3 nitrogen and oxygen atoms in total. The van der Waals surface area contributed by atoms with Gasteiger partial charge >= 0.3 is 0 Å². The van der Waals surface area contributed by atoms with Gasteiger partial charge in [-0.05, 0) is 37.3 Å². The predicted molar refractivity (Wildman–Crippen MR) is 91.0 cm³/mol. The van der Waals surface area contributed by atoms with Crippen LogP contribution in [-0.4, -0.2) is 28.4 Å². The Bertz CT molecular complexity index is 698. The van der Waals surface area contributed by atoms with Gasteiger partial charge in [0.1, 0.15) is 15.7 Å². The first-order valence-corrected chi connectivity index (χ1v) is 8.91. The van der Waals surface area contributed by atoms with Gasteiger partial charge in [0.05, 0.1) is 6.20 Å². The van der Waals surface area contributed by atoms with Crippen molar-refractivity contribution in [3.8, 4) is 10.6 Å². The Morgan fingerprint density at radius 2 is 2.13 bits per heavy atom. The summed E-state index contributed by atoms with van der Waals surface area (Å²) in [5.74, 6) is 0.167. The molecular weight excluding hydrogens is 311 g/mol. The lowest BCUT2D eigenvalue weighted by Crippen LogP contribution is -2.46. The number of hydrogen-bond donors (Lipinski definition) is 0. The number of likely N-dealkylation sites (tertiary alicyclic amines) is 1. The van der Waals surface area contributed by atoms with Crippen molar-refractivity contribution >= 4 is 17.2 Å². The molecule has 1 amide bonds. The average molecular weight is 332 g/mol. The Balaban J connectivity index is 1.85. The van der Waals surface area contributed by atoms with E-state index in [-0.39, 0.29) is 17.8 Å². The fraction of sp³-hybridized carbons (Fsp3) is 0.444. The number of hydrogen-bond acceptors (Lipinski definition) is 3. The van der Waals surface area contributed by atoms with Crippen LogP contribution < -0.4 is 0 Å². The van der Waals surface area contributed by atoms with Crippen molar-refractivity contribution in [3.63, 3.8) is 0 Å². The topological polar surface area (TPSA) is 33.2 Å². The van der Waals surface area contributed by atoms with E-state index in [1.54, 1.807) is 24.4 Å². The van der Waals surface area contributed by atoms with Crippen LogP contribution >= 0.6 is 11.3 Å². The average Bonchev–Trinajstić information content (AvgIpc) is 3.04. The summed E-state index contributed by atoms with van der Waals surface area (Å²) in [6.07, 6.45) is 4.87. The minimum absolute atomic E-state index is 0.0310. The van der Waals surface area contributed by atoms with E-state index in [2.05, 4.69) is 18.8 Å². The van der Waals surface area contributed by atoms with E-state index in [0.29, 0.717) is 21.4 Å². The minimum atomic E-state index is -0.307. The zero-order chi connectivity index (χ0) is 16.4. The minimum Gasteiger partial charge on any atom is -0.335 e. The van der Waals surface area contributed by atoms with Crippen molar-refractivity contribution in [3.05, 3.63) is 41.2 Å². The Morgan fingerprint density at radius 3 is 2.87 bits per heavy atom. The number of thiazole rings is 1. The molecule has 0 aliphatic carbocycles. The molecule has 3 rings (SSSR count). The van der Waals surface area contributed by atoms with Gasteiger partial charge in [-0.3, -0.25) is 4.79 Å². The molecule has 2 aromatic rings. The fourth-order valence-corrected chi connectivity index (χ4v) is 4.08. The number of piperidine rings is 1. The Hall–Kier alpha value is -1.75. The maximum absolute atomic E-state index is 13.9. The van der Waals surface area contributed by atoms with Gasteiger partial charge in [0.15, 0.2) is 0 Å². The highest BCUT2D eigenvalue weighted by Gasteiger charge is 2.30. The molecule has 1 aliphatic heterocycles. The predicted octanol–water partition coefficient (Wildman–Crippen LogP) is 4.60. The first-order valence-electron chi connectivity index (χ1n) is 8.09. The van der Waals surface area contributed by atoms with E-state index in [1.165, 1.54) is 23.8 Å². The monoisotopic (exact) mass is 332 g/mol. The number of nitrogens with zero attached hydrogens (tertiary/aromatic N) is 2. The van der Waals surface area contributed by atoms with Crippen molar-refractivity contribution in [1.82, 2.24) is 9.88 Å². The molecule has 1 saturated heterocycles. The van der Waals surface area contributed by atoms with Crippen LogP contribution in [0.1, 0.15) is 42.8 Å². The lowest BCUT2D eigenvalue weighted by Gasteiger charge is -2.38. The van der Waals surface area contributed by atoms with Gasteiger partial charge < -0.3 is 4.90 Å². The molecular formula is C18H21FN2OS. The maximum Gasteiger partial charge on any atom is 0.265 e. The molecule has 1 aromatic carbocycles. The number of carbonyl (C=O) groups excluding carboxylic acids is 1. The molecule has 1 unspecified atom stereocenters. The van der Waals surface area contributed by atoms with Crippen molar-refractivity contribution < 1.29 is 9.18 Å². The summed E-state index contributed by atoms with van der Waals surface area (Å²) >= 11 is 1.27. The Labute approximate surface area is 140 Å². The third kappa shape index (κ3) is 3.29. The summed E-state index contributed by atoms with van der Waals surface area (Å²) < 4.78 is 13.9. The van der Waals surface area contributed by atoms with Crippen molar-refractivity contribution in [2.24, 2.45) is 5.92 Å². The zero-order valence-electron chi connectivity index (χ0n) is 13.5. The third-order valence-electron chi connectivity index (χ3n) is 4.40. The second kappa shape index (κ2) is 6.79. The lowest BCUT2D eigenvalue weighted by atomic mass is 9.92. The first-order chi connectivity index (χ1) is 11.1. The van der Waals surface area contributed by atoms with E-state index < -0.39 is 0 Å².